The van der Waals surface area contributed by atoms with Crippen molar-refractivity contribution in [2.24, 2.45) is 11.8 Å². The number of aliphatic hydroxyl groups excluding tert-OH is 2. The lowest BCUT2D eigenvalue weighted by atomic mass is 9.79. The predicted octanol–water partition coefficient (Wildman–Crippen LogP) is 7.87. The highest BCUT2D eigenvalue weighted by molar-refractivity contribution is 5.82. The van der Waals surface area contributed by atoms with E-state index >= 15 is 0 Å². The Bertz CT molecular complexity index is 2260. The zero-order valence-corrected chi connectivity index (χ0v) is 41.2. The quantitative estimate of drug-likeness (QED) is 0.0852. The van der Waals surface area contributed by atoms with Gasteiger partial charge in [-0.2, -0.15) is 0 Å². The lowest BCUT2D eigenvalue weighted by Crippen LogP contribution is -2.51. The number of fused-ring (bicyclic) bond motifs is 9. The molecule has 2 aromatic rings. The number of rotatable bonds is 11. The second-order valence-corrected chi connectivity index (χ2v) is 19.5. The van der Waals surface area contributed by atoms with Gasteiger partial charge in [0.2, 0.25) is 5.89 Å². The van der Waals surface area contributed by atoms with Crippen molar-refractivity contribution >= 4 is 18.1 Å². The Morgan fingerprint density at radius 1 is 0.986 bits per heavy atom. The first-order valence-corrected chi connectivity index (χ1v) is 24.4. The number of aromatic nitrogens is 2. The van der Waals surface area contributed by atoms with Gasteiger partial charge in [-0.15, -0.1) is 11.8 Å². The van der Waals surface area contributed by atoms with E-state index in [1.165, 1.54) is 12.3 Å². The number of hydrogen-bond donors (Lipinski definition) is 3. The molecule has 0 saturated carbocycles. The normalized spacial score (nSPS) is 35.8. The number of carbonyl (C=O) groups excluding carboxylic acids is 1. The predicted molar refractivity (Wildman–Crippen MR) is 257 cm³/mol. The van der Waals surface area contributed by atoms with Crippen LogP contribution in [0.4, 0.5) is 0 Å². The number of allylic oxidation sites excluding steroid dienone is 2. The van der Waals surface area contributed by atoms with Crippen LogP contribution in [0.25, 0.3) is 12.2 Å². The molecule has 0 amide bonds. The molecule has 8 bridgehead atoms. The van der Waals surface area contributed by atoms with E-state index in [1.807, 2.05) is 58.1 Å². The third-order valence-electron chi connectivity index (χ3n) is 13.9. The Morgan fingerprint density at radius 3 is 2.57 bits per heavy atom. The number of methoxy groups -OCH3 is 2. The van der Waals surface area contributed by atoms with Gasteiger partial charge in [-0.25, -0.2) is 14.8 Å². The van der Waals surface area contributed by atoms with E-state index in [0.717, 1.165) is 16.7 Å². The molecule has 0 aromatic carbocycles. The summed E-state index contributed by atoms with van der Waals surface area (Å²) in [5.41, 5.74) is 3.85. The number of nitrogens with zero attached hydrogens (tertiary/aromatic N) is 2. The van der Waals surface area contributed by atoms with Crippen molar-refractivity contribution in [3.8, 4) is 11.8 Å². The number of carbonyl (C=O) groups is 1. The highest BCUT2D eigenvalue weighted by atomic mass is 16.6. The van der Waals surface area contributed by atoms with Gasteiger partial charge in [0.1, 0.15) is 36.1 Å². The van der Waals surface area contributed by atoms with Gasteiger partial charge in [0.25, 0.3) is 0 Å². The Kier molecular flexibility index (Phi) is 18.3. The first-order valence-electron chi connectivity index (χ1n) is 24.4. The molecule has 7 rings (SSSR count). The summed E-state index contributed by atoms with van der Waals surface area (Å²) in [6, 6.07) is 0. The molecule has 4 fully saturated rings. The van der Waals surface area contributed by atoms with E-state index in [0.29, 0.717) is 75.1 Å². The number of hydrogen-bond acceptors (Lipinski definition) is 15. The van der Waals surface area contributed by atoms with E-state index in [1.54, 1.807) is 39.6 Å². The molecule has 15 atom stereocenters. The fourth-order valence-corrected chi connectivity index (χ4v) is 10.3. The minimum absolute atomic E-state index is 0.0856. The molecule has 5 aliphatic rings. The molecular weight excluding hydrogens is 885 g/mol. The third-order valence-corrected chi connectivity index (χ3v) is 13.9. The highest BCUT2D eigenvalue weighted by Gasteiger charge is 2.45. The smallest absolute Gasteiger partial charge is 0.330 e. The minimum atomic E-state index is -1.73. The summed E-state index contributed by atoms with van der Waals surface area (Å²) in [7, 11) is 3.20. The summed E-state index contributed by atoms with van der Waals surface area (Å²) >= 11 is 0. The SMILES string of the molecule is C=C1CC2C/C=C\C(=O)O[C@H]3[C@@H](C)C(C/C=C/c4nc(co4)C4C[C@H](O)CC(CC(C1)O2)O4)OC(/C(C)=C/c1coc(C[C@]2(O)C[C@H](OC)CC([C@H](O)/C=C(C)/C=C/[C@@H](CC#CC)OC)O2)n1)[C@@H]3C. The van der Waals surface area contributed by atoms with Gasteiger partial charge in [0, 0.05) is 64.2 Å². The molecule has 15 heteroatoms. The molecule has 0 radical (unpaired) electrons. The summed E-state index contributed by atoms with van der Waals surface area (Å²) in [6.45, 7) is 13.9. The molecule has 7 unspecified atom stereocenters. The van der Waals surface area contributed by atoms with Crippen molar-refractivity contribution in [2.45, 2.75) is 184 Å². The molecule has 69 heavy (non-hydrogen) atoms. The maximum absolute atomic E-state index is 13.6. The van der Waals surface area contributed by atoms with Gasteiger partial charge < -0.3 is 57.3 Å². The first kappa shape index (κ1) is 52.4. The Labute approximate surface area is 406 Å². The van der Waals surface area contributed by atoms with E-state index in [4.69, 9.17) is 52.0 Å². The van der Waals surface area contributed by atoms with Crippen LogP contribution in [-0.2, 0) is 44.4 Å². The standard InChI is InChI=1S/C54H72N2O13/c1-9-10-13-39(61-7)19-18-32(2)22-45(58)48-27-43(62-8)28-54(60,69-48)29-50-55-37(30-63-50)23-34(4)52-36(6)53-35(5)46(67-52)15-12-16-49-56-44(31-64-49)47-25-38(57)24-42(66-47)26-41-21-33(3)20-40(65-41)14-11-17-51(59)68-53/h11-12,16-19,22-23,30-31,35-36,38-43,45-48,52-53,57-58,60H,3,13-15,20-21,24-29H2,1-2,4-8H3/b16-12+,17-11-,19-18+,32-22+,34-23+/t35-,36-,38+,39+,40?,41?,42?,43+,45+,46?,47?,48?,52?,53-,54-/m0/s1. The Morgan fingerprint density at radius 2 is 1.78 bits per heavy atom. The summed E-state index contributed by atoms with van der Waals surface area (Å²) in [6.07, 6.45) is 17.2. The maximum atomic E-state index is 13.6. The van der Waals surface area contributed by atoms with Gasteiger partial charge in [-0.3, -0.25) is 0 Å². The number of esters is 1. The summed E-state index contributed by atoms with van der Waals surface area (Å²) in [5.74, 6) is 3.93. The molecule has 0 aliphatic carbocycles. The molecular formula is C54H72N2O13. The zero-order chi connectivity index (χ0) is 49.2. The van der Waals surface area contributed by atoms with E-state index in [-0.39, 0.29) is 61.1 Å². The molecule has 3 N–H and O–H groups in total. The van der Waals surface area contributed by atoms with Crippen LogP contribution in [0.15, 0.2) is 81.1 Å². The molecule has 4 saturated heterocycles. The monoisotopic (exact) mass is 957 g/mol. The van der Waals surface area contributed by atoms with Gasteiger partial charge in [0.05, 0.1) is 67.5 Å². The Balaban J connectivity index is 1.06. The van der Waals surface area contributed by atoms with E-state index in [9.17, 15) is 20.1 Å². The molecule has 0 spiro atoms. The summed E-state index contributed by atoms with van der Waals surface area (Å²) in [5, 5.41) is 33.9. The largest absolute Gasteiger partial charge is 0.458 e. The minimum Gasteiger partial charge on any atom is -0.458 e. The van der Waals surface area contributed by atoms with Gasteiger partial charge in [-0.1, -0.05) is 62.0 Å². The fraction of sp³-hybridized carbons (Fsp3) is 0.611. The van der Waals surface area contributed by atoms with Crippen molar-refractivity contribution < 1.29 is 62.1 Å². The second kappa shape index (κ2) is 24.1. The van der Waals surface area contributed by atoms with Crippen LogP contribution in [0.2, 0.25) is 0 Å². The average molecular weight is 957 g/mol. The van der Waals surface area contributed by atoms with E-state index in [2.05, 4.69) is 18.4 Å². The maximum Gasteiger partial charge on any atom is 0.330 e. The highest BCUT2D eigenvalue weighted by Crippen LogP contribution is 2.40. The van der Waals surface area contributed by atoms with Crippen LogP contribution in [0.1, 0.15) is 128 Å². The molecule has 2 aromatic heterocycles. The number of oxazole rings is 2. The van der Waals surface area contributed by atoms with E-state index < -0.39 is 54.5 Å². The summed E-state index contributed by atoms with van der Waals surface area (Å²) < 4.78 is 55.2. The molecule has 376 valence electrons. The van der Waals surface area contributed by atoms with Crippen LogP contribution < -0.4 is 0 Å². The van der Waals surface area contributed by atoms with Crippen molar-refractivity contribution in [3.05, 3.63) is 95.4 Å². The van der Waals surface area contributed by atoms with Crippen LogP contribution in [0.5, 0.6) is 0 Å². The van der Waals surface area contributed by atoms with Crippen LogP contribution in [0, 0.1) is 23.7 Å². The molecule has 5 aliphatic heterocycles. The molecule has 7 heterocycles. The van der Waals surface area contributed by atoms with Crippen LogP contribution in [0.3, 0.4) is 0 Å². The molecule has 15 nitrogen and oxygen atoms in total. The van der Waals surface area contributed by atoms with Crippen LogP contribution >= 0.6 is 0 Å². The van der Waals surface area contributed by atoms with Crippen molar-refractivity contribution in [3.63, 3.8) is 0 Å². The first-order chi connectivity index (χ1) is 33.1. The van der Waals surface area contributed by atoms with Crippen molar-refractivity contribution in [1.29, 1.82) is 0 Å². The lowest BCUT2D eigenvalue weighted by molar-refractivity contribution is -0.286. The zero-order valence-electron chi connectivity index (χ0n) is 41.2. The average Bonchev–Trinajstić information content (AvgIpc) is 3.96. The van der Waals surface area contributed by atoms with Gasteiger partial charge >= 0.3 is 5.97 Å². The van der Waals surface area contributed by atoms with Crippen LogP contribution in [-0.4, -0.2) is 118 Å². The number of aliphatic hydroxyl groups is 3. The second-order valence-electron chi connectivity index (χ2n) is 19.5. The van der Waals surface area contributed by atoms with Gasteiger partial charge in [-0.05, 0) is 70.6 Å². The lowest BCUT2D eigenvalue weighted by Gasteiger charge is -2.44. The summed E-state index contributed by atoms with van der Waals surface area (Å²) in [4.78, 5) is 23.0. The van der Waals surface area contributed by atoms with Gasteiger partial charge in [0.15, 0.2) is 11.7 Å². The number of ether oxygens (including phenoxy) is 7. The van der Waals surface area contributed by atoms with Crippen molar-refractivity contribution in [1.82, 2.24) is 9.97 Å². The third kappa shape index (κ3) is 14.3. The van der Waals surface area contributed by atoms with Crippen molar-refractivity contribution in [2.75, 3.05) is 14.2 Å². The Hall–Kier alpha value is -4.47. The topological polar surface area (TPSA) is 194 Å². The fourth-order valence-electron chi connectivity index (χ4n) is 10.3.